The molecule has 9 nitrogen and oxygen atoms in total. The molecule has 1 saturated carbocycles. The zero-order valence-corrected chi connectivity index (χ0v) is 25.6. The Morgan fingerprint density at radius 2 is 1.39 bits per heavy atom. The van der Waals surface area contributed by atoms with Crippen LogP contribution in [0.3, 0.4) is 0 Å². The molecule has 9 heteroatoms. The summed E-state index contributed by atoms with van der Waals surface area (Å²) in [6.45, 7) is 0.195. The van der Waals surface area contributed by atoms with E-state index in [0.29, 0.717) is 29.4 Å². The molecule has 3 aliphatic rings. The van der Waals surface area contributed by atoms with Gasteiger partial charge >= 0.3 is 12.0 Å². The number of ether oxygens (including phenoxy) is 4. The summed E-state index contributed by atoms with van der Waals surface area (Å²) in [6.07, 6.45) is 0.692. The van der Waals surface area contributed by atoms with Gasteiger partial charge in [0.05, 0.1) is 26.7 Å². The Bertz CT molecular complexity index is 1740. The minimum absolute atomic E-state index is 0.0939. The van der Waals surface area contributed by atoms with Crippen molar-refractivity contribution in [2.24, 2.45) is 11.8 Å². The van der Waals surface area contributed by atoms with E-state index >= 15 is 0 Å². The number of urea groups is 1. The first kappa shape index (κ1) is 29.4. The molecule has 7 rings (SSSR count). The van der Waals surface area contributed by atoms with Crippen LogP contribution in [0.25, 0.3) is 0 Å². The number of rotatable bonds is 10. The maximum atomic E-state index is 14.6. The molecular weight excluding hydrogens is 584 g/mol. The van der Waals surface area contributed by atoms with E-state index in [4.69, 9.17) is 18.9 Å². The van der Waals surface area contributed by atoms with Gasteiger partial charge in [0.15, 0.2) is 0 Å². The summed E-state index contributed by atoms with van der Waals surface area (Å²) in [5.74, 6) is 0.853. The Labute approximate surface area is 267 Å². The Hall–Kier alpha value is -5.31. The number of amides is 3. The van der Waals surface area contributed by atoms with Crippen LogP contribution in [0.1, 0.15) is 41.0 Å². The second-order valence-corrected chi connectivity index (χ2v) is 12.0. The van der Waals surface area contributed by atoms with Gasteiger partial charge in [0.1, 0.15) is 35.1 Å². The molecule has 2 heterocycles. The second-order valence-electron chi connectivity index (χ2n) is 12.0. The molecule has 3 amide bonds. The standard InChI is InChI=1S/C37H34N2O7/c1-43-25-15-11-23(12-16-25)21-39-35(41)37(38-36(39)42,31-19-29(31)34(40)45-22-24-13-17-26(44-2)18-14-24)20-30-27-7-3-5-9-32(27)46-33-10-6-4-8-28(30)33/h3-18,29-31H,19-22H2,1-2H3,(H,38,42)/t29?,31?,37-/m0/s1. The van der Waals surface area contributed by atoms with Crippen molar-refractivity contribution >= 4 is 17.9 Å². The lowest BCUT2D eigenvalue weighted by atomic mass is 9.75. The number of carbonyl (C=O) groups is 3. The zero-order valence-electron chi connectivity index (χ0n) is 25.6. The average Bonchev–Trinajstić information content (AvgIpc) is 3.87. The largest absolute Gasteiger partial charge is 0.497 e. The predicted octanol–water partition coefficient (Wildman–Crippen LogP) is 6.20. The van der Waals surface area contributed by atoms with Gasteiger partial charge in [-0.15, -0.1) is 0 Å². The van der Waals surface area contributed by atoms with E-state index in [1.54, 1.807) is 26.4 Å². The minimum Gasteiger partial charge on any atom is -0.497 e. The Kier molecular flexibility index (Phi) is 7.60. The lowest BCUT2D eigenvalue weighted by molar-refractivity contribution is -0.147. The second kappa shape index (κ2) is 11.9. The highest BCUT2D eigenvalue weighted by Crippen LogP contribution is 2.56. The molecule has 2 aliphatic heterocycles. The molecule has 2 unspecified atom stereocenters. The fraction of sp³-hybridized carbons (Fsp3) is 0.270. The summed E-state index contributed by atoms with van der Waals surface area (Å²) in [4.78, 5) is 42.9. The van der Waals surface area contributed by atoms with Crippen molar-refractivity contribution < 1.29 is 33.3 Å². The summed E-state index contributed by atoms with van der Waals surface area (Å²) in [7, 11) is 3.18. The third kappa shape index (κ3) is 5.31. The zero-order chi connectivity index (χ0) is 31.8. The molecule has 0 radical (unpaired) electrons. The number of carbonyl (C=O) groups excluding carboxylic acids is 3. The maximum Gasteiger partial charge on any atom is 0.325 e. The van der Waals surface area contributed by atoms with Crippen molar-refractivity contribution in [3.63, 3.8) is 0 Å². The topological polar surface area (TPSA) is 103 Å². The summed E-state index contributed by atoms with van der Waals surface area (Å²) >= 11 is 0. The molecule has 1 N–H and O–H groups in total. The highest BCUT2D eigenvalue weighted by Gasteiger charge is 2.66. The van der Waals surface area contributed by atoms with Crippen molar-refractivity contribution in [3.8, 4) is 23.0 Å². The summed E-state index contributed by atoms with van der Waals surface area (Å²) in [5, 5.41) is 3.10. The van der Waals surface area contributed by atoms with E-state index in [-0.39, 0.29) is 37.4 Å². The van der Waals surface area contributed by atoms with Gasteiger partial charge in [-0.1, -0.05) is 60.7 Å². The molecule has 1 aliphatic carbocycles. The third-order valence-electron chi connectivity index (χ3n) is 9.30. The van der Waals surface area contributed by atoms with Gasteiger partial charge < -0.3 is 24.3 Å². The monoisotopic (exact) mass is 618 g/mol. The Morgan fingerprint density at radius 1 is 0.826 bits per heavy atom. The van der Waals surface area contributed by atoms with Crippen LogP contribution in [0.15, 0.2) is 97.1 Å². The van der Waals surface area contributed by atoms with Gasteiger partial charge in [0.2, 0.25) is 0 Å². The molecule has 0 aromatic heterocycles. The van der Waals surface area contributed by atoms with Crippen molar-refractivity contribution in [2.45, 2.75) is 37.5 Å². The van der Waals surface area contributed by atoms with Gasteiger partial charge in [-0.3, -0.25) is 14.5 Å². The molecule has 0 spiro atoms. The molecule has 4 aromatic carbocycles. The van der Waals surface area contributed by atoms with Crippen LogP contribution in [-0.4, -0.2) is 42.6 Å². The van der Waals surface area contributed by atoms with Gasteiger partial charge in [-0.25, -0.2) is 4.79 Å². The van der Waals surface area contributed by atoms with E-state index in [0.717, 1.165) is 22.3 Å². The number of hydrogen-bond acceptors (Lipinski definition) is 7. The van der Waals surface area contributed by atoms with E-state index in [2.05, 4.69) is 5.32 Å². The van der Waals surface area contributed by atoms with Crippen LogP contribution < -0.4 is 19.5 Å². The number of esters is 1. The van der Waals surface area contributed by atoms with Gasteiger partial charge in [-0.2, -0.15) is 0 Å². The summed E-state index contributed by atoms with van der Waals surface area (Å²) < 4.78 is 22.4. The number of fused-ring (bicyclic) bond motifs is 2. The van der Waals surface area contributed by atoms with Crippen molar-refractivity contribution in [1.29, 1.82) is 0 Å². The number of methoxy groups -OCH3 is 2. The van der Waals surface area contributed by atoms with Gasteiger partial charge in [0, 0.05) is 23.0 Å². The Balaban J connectivity index is 1.19. The van der Waals surface area contributed by atoms with Crippen LogP contribution in [0.4, 0.5) is 4.79 Å². The first-order valence-electron chi connectivity index (χ1n) is 15.3. The molecule has 234 valence electrons. The summed E-state index contributed by atoms with van der Waals surface area (Å²) in [6, 6.07) is 29.6. The van der Waals surface area contributed by atoms with Crippen LogP contribution in [0.5, 0.6) is 23.0 Å². The van der Waals surface area contributed by atoms with Crippen molar-refractivity contribution in [2.75, 3.05) is 14.2 Å². The molecule has 46 heavy (non-hydrogen) atoms. The molecule has 4 aromatic rings. The van der Waals surface area contributed by atoms with Crippen molar-refractivity contribution in [3.05, 3.63) is 119 Å². The van der Waals surface area contributed by atoms with E-state index in [9.17, 15) is 14.4 Å². The van der Waals surface area contributed by atoms with Crippen LogP contribution in [-0.2, 0) is 27.5 Å². The maximum absolute atomic E-state index is 14.6. The number of hydrogen-bond donors (Lipinski definition) is 1. The van der Waals surface area contributed by atoms with Crippen LogP contribution in [0, 0.1) is 11.8 Å². The summed E-state index contributed by atoms with van der Waals surface area (Å²) in [5.41, 5.74) is 2.14. The quantitative estimate of drug-likeness (QED) is 0.167. The van der Waals surface area contributed by atoms with Crippen LogP contribution >= 0.6 is 0 Å². The van der Waals surface area contributed by atoms with Gasteiger partial charge in [-0.05, 0) is 60.4 Å². The molecule has 3 atom stereocenters. The first-order valence-corrected chi connectivity index (χ1v) is 15.3. The molecule has 1 saturated heterocycles. The minimum atomic E-state index is -1.32. The van der Waals surface area contributed by atoms with E-state index in [1.807, 2.05) is 84.9 Å². The molecule has 2 fully saturated rings. The highest BCUT2D eigenvalue weighted by molar-refractivity contribution is 6.08. The molecular formula is C37H34N2O7. The smallest absolute Gasteiger partial charge is 0.325 e. The van der Waals surface area contributed by atoms with Gasteiger partial charge in [0.25, 0.3) is 5.91 Å². The normalized spacial score (nSPS) is 21.5. The Morgan fingerprint density at radius 3 is 1.98 bits per heavy atom. The fourth-order valence-electron chi connectivity index (χ4n) is 6.78. The SMILES string of the molecule is COc1ccc(COC(=O)C2CC2[C@]2(CC3c4ccccc4Oc4ccccc43)NC(=O)N(Cc3ccc(OC)cc3)C2=O)cc1. The van der Waals surface area contributed by atoms with Crippen LogP contribution in [0.2, 0.25) is 0 Å². The first-order chi connectivity index (χ1) is 22.4. The van der Waals surface area contributed by atoms with E-state index < -0.39 is 23.4 Å². The highest BCUT2D eigenvalue weighted by atomic mass is 16.5. The number of para-hydroxylation sites is 2. The fourth-order valence-corrected chi connectivity index (χ4v) is 6.78. The number of nitrogens with zero attached hydrogens (tertiary/aromatic N) is 1. The molecule has 0 bridgehead atoms. The van der Waals surface area contributed by atoms with E-state index in [1.165, 1.54) is 4.90 Å². The number of benzene rings is 4. The number of imide groups is 1. The average molecular weight is 619 g/mol. The number of nitrogens with one attached hydrogen (secondary N) is 1. The predicted molar refractivity (Wildman–Crippen MR) is 169 cm³/mol. The lowest BCUT2D eigenvalue weighted by Crippen LogP contribution is -2.51. The third-order valence-corrected chi connectivity index (χ3v) is 9.30. The lowest BCUT2D eigenvalue weighted by Gasteiger charge is -2.35. The van der Waals surface area contributed by atoms with Crippen molar-refractivity contribution in [1.82, 2.24) is 10.2 Å².